The Morgan fingerprint density at radius 1 is 0.203 bits per heavy atom. The van der Waals surface area contributed by atoms with Gasteiger partial charge in [0.2, 0.25) is 0 Å². The average Bonchev–Trinajstić information content (AvgIpc) is 4.21. The second-order valence-corrected chi connectivity index (χ2v) is 19.2. The minimum absolute atomic E-state index is 0.157. The highest BCUT2D eigenvalue weighted by Crippen LogP contribution is 2.39. The molecule has 74 heavy (non-hydrogen) atoms. The third kappa shape index (κ3) is 6.25. The van der Waals surface area contributed by atoms with E-state index < -0.39 is 0 Å². The molecule has 15 aromatic rings. The average molecular weight is 947 g/mol. The van der Waals surface area contributed by atoms with Gasteiger partial charge in [-0.2, -0.15) is 0 Å². The van der Waals surface area contributed by atoms with Crippen LogP contribution in [-0.4, -0.2) is 29.8 Å². The lowest BCUT2D eigenvalue weighted by Gasteiger charge is -2.12. The molecule has 0 aliphatic carbocycles. The molecular weight excluding hydrogens is 905 g/mol. The molecule has 0 saturated heterocycles. The van der Waals surface area contributed by atoms with Gasteiger partial charge >= 0.3 is 0 Å². The number of aromatic nitrogens is 4. The first-order valence-corrected chi connectivity index (χ1v) is 25.0. The molecule has 6 heteroatoms. The number of rotatable bonds is 8. The number of ketones is 2. The van der Waals surface area contributed by atoms with Crippen molar-refractivity contribution in [2.75, 3.05) is 0 Å². The Labute approximate surface area is 424 Å². The van der Waals surface area contributed by atoms with Crippen molar-refractivity contribution in [2.24, 2.45) is 0 Å². The van der Waals surface area contributed by atoms with Crippen molar-refractivity contribution in [1.29, 1.82) is 0 Å². The lowest BCUT2D eigenvalue weighted by Crippen LogP contribution is -2.07. The summed E-state index contributed by atoms with van der Waals surface area (Å²) in [6.07, 6.45) is 0. The van der Waals surface area contributed by atoms with Crippen molar-refractivity contribution >= 4 is 98.8 Å². The number of nitrogens with zero attached hydrogens (tertiary/aromatic N) is 4. The van der Waals surface area contributed by atoms with Gasteiger partial charge in [-0.25, -0.2) is 0 Å². The van der Waals surface area contributed by atoms with Crippen LogP contribution < -0.4 is 0 Å². The maximum absolute atomic E-state index is 14.6. The van der Waals surface area contributed by atoms with Crippen LogP contribution >= 0.6 is 0 Å². The van der Waals surface area contributed by atoms with Crippen molar-refractivity contribution in [2.45, 2.75) is 0 Å². The highest BCUT2D eigenvalue weighted by atomic mass is 16.1. The quantitative estimate of drug-likeness (QED) is 0.143. The Bertz CT molecular complexity index is 4440. The Morgan fingerprint density at radius 2 is 0.446 bits per heavy atom. The third-order valence-electron chi connectivity index (χ3n) is 15.1. The number of hydrogen-bond acceptors (Lipinski definition) is 2. The molecule has 0 amide bonds. The molecule has 0 N–H and O–H groups in total. The molecule has 0 unspecified atom stereocenters. The van der Waals surface area contributed by atoms with Gasteiger partial charge in [-0.3, -0.25) is 9.59 Å². The predicted molar refractivity (Wildman–Crippen MR) is 304 cm³/mol. The minimum Gasteiger partial charge on any atom is -0.309 e. The van der Waals surface area contributed by atoms with E-state index in [1.165, 1.54) is 21.5 Å². The van der Waals surface area contributed by atoms with E-state index in [4.69, 9.17) is 0 Å². The summed E-state index contributed by atoms with van der Waals surface area (Å²) in [5.41, 5.74) is 14.7. The van der Waals surface area contributed by atoms with Crippen molar-refractivity contribution in [3.05, 3.63) is 277 Å². The van der Waals surface area contributed by atoms with E-state index in [1.54, 1.807) is 24.3 Å². The standard InChI is InChI=1S/C68H42N4O2/c73-67(45-18-14-20-47(39-45)69-63-32-11-5-26-55(63)57-41-49(34-36-65(57)69)71-59-28-7-1-22-51(59)52-23-2-8-29-60(52)71)43-16-13-17-44(38-43)68(74)46-19-15-21-48(40-46)70-64-33-12-6-27-56(64)58-42-50(35-37-66(58)70)72-61-30-9-3-24-53(61)54-25-4-10-31-62(54)72/h1-42H. The highest BCUT2D eigenvalue weighted by molar-refractivity contribution is 6.16. The Hall–Kier alpha value is -10.0. The smallest absolute Gasteiger partial charge is 0.193 e. The van der Waals surface area contributed by atoms with Crippen LogP contribution in [0, 0.1) is 0 Å². The SMILES string of the molecule is O=C(c1cccc(C(=O)c2cccc(-n3c4ccccc4c4cc(-n5c6ccccc6c6ccccc65)ccc43)c2)c1)c1cccc(-n2c3ccccc3c3cc(-n4c5ccccc5c5ccccc54)ccc32)c1. The Kier molecular flexibility index (Phi) is 9.16. The van der Waals surface area contributed by atoms with Crippen molar-refractivity contribution in [3.8, 4) is 22.7 Å². The summed E-state index contributed by atoms with van der Waals surface area (Å²) in [4.78, 5) is 29.1. The minimum atomic E-state index is -0.157. The second kappa shape index (κ2) is 16.2. The number of benzene rings is 11. The van der Waals surface area contributed by atoms with Crippen molar-refractivity contribution in [3.63, 3.8) is 0 Å². The lowest BCUT2D eigenvalue weighted by atomic mass is 9.97. The summed E-state index contributed by atoms with van der Waals surface area (Å²) in [7, 11) is 0. The van der Waals surface area contributed by atoms with E-state index in [9.17, 15) is 9.59 Å². The van der Waals surface area contributed by atoms with Crippen LogP contribution in [0.5, 0.6) is 0 Å². The van der Waals surface area contributed by atoms with E-state index in [-0.39, 0.29) is 11.6 Å². The monoisotopic (exact) mass is 946 g/mol. The van der Waals surface area contributed by atoms with Gasteiger partial charge < -0.3 is 18.3 Å². The summed E-state index contributed by atoms with van der Waals surface area (Å²) in [5, 5.41) is 9.37. The molecule has 346 valence electrons. The molecule has 0 aliphatic heterocycles. The summed E-state index contributed by atoms with van der Waals surface area (Å²) in [5.74, 6) is -0.314. The third-order valence-corrected chi connectivity index (χ3v) is 15.1. The van der Waals surface area contributed by atoms with E-state index in [1.807, 2.05) is 36.4 Å². The molecule has 0 saturated carbocycles. The van der Waals surface area contributed by atoms with Gasteiger partial charge in [0, 0.05) is 88.1 Å². The predicted octanol–water partition coefficient (Wildman–Crippen LogP) is 16.5. The topological polar surface area (TPSA) is 53.9 Å². The van der Waals surface area contributed by atoms with E-state index in [0.29, 0.717) is 22.3 Å². The second-order valence-electron chi connectivity index (χ2n) is 19.2. The highest BCUT2D eigenvalue weighted by Gasteiger charge is 2.21. The summed E-state index contributed by atoms with van der Waals surface area (Å²) >= 11 is 0. The zero-order valence-electron chi connectivity index (χ0n) is 39.9. The van der Waals surface area contributed by atoms with Crippen LogP contribution in [0.4, 0.5) is 0 Å². The number of para-hydroxylation sites is 6. The van der Waals surface area contributed by atoms with Gasteiger partial charge in [0.15, 0.2) is 11.6 Å². The number of carbonyl (C=O) groups is 2. The molecule has 0 bridgehead atoms. The van der Waals surface area contributed by atoms with Crippen LogP contribution in [0.25, 0.3) is 110 Å². The van der Waals surface area contributed by atoms with Gasteiger partial charge in [0.1, 0.15) is 0 Å². The number of hydrogen-bond donors (Lipinski definition) is 0. The first-order chi connectivity index (χ1) is 36.6. The molecular formula is C68H42N4O2. The van der Waals surface area contributed by atoms with Gasteiger partial charge in [0.25, 0.3) is 0 Å². The van der Waals surface area contributed by atoms with Crippen LogP contribution in [0.3, 0.4) is 0 Å². The molecule has 4 heterocycles. The molecule has 0 fully saturated rings. The summed E-state index contributed by atoms with van der Waals surface area (Å²) < 4.78 is 9.18. The van der Waals surface area contributed by atoms with Gasteiger partial charge in [-0.1, -0.05) is 152 Å². The van der Waals surface area contributed by atoms with Gasteiger partial charge in [0.05, 0.1) is 44.1 Å². The van der Waals surface area contributed by atoms with Crippen LogP contribution in [0.1, 0.15) is 31.8 Å². The fourth-order valence-corrected chi connectivity index (χ4v) is 11.9. The van der Waals surface area contributed by atoms with Gasteiger partial charge in [-0.15, -0.1) is 0 Å². The molecule has 15 rings (SSSR count). The summed E-state index contributed by atoms with van der Waals surface area (Å²) in [6.45, 7) is 0. The normalized spacial score (nSPS) is 11.9. The van der Waals surface area contributed by atoms with Gasteiger partial charge in [-0.05, 0) is 103 Å². The fourth-order valence-electron chi connectivity index (χ4n) is 11.9. The van der Waals surface area contributed by atoms with Crippen LogP contribution in [0.2, 0.25) is 0 Å². The molecule has 0 atom stereocenters. The molecule has 0 radical (unpaired) electrons. The van der Waals surface area contributed by atoms with E-state index in [0.717, 1.165) is 88.4 Å². The van der Waals surface area contributed by atoms with Crippen molar-refractivity contribution in [1.82, 2.24) is 18.3 Å². The lowest BCUT2D eigenvalue weighted by molar-refractivity contribution is 0.103. The Morgan fingerprint density at radius 3 is 0.770 bits per heavy atom. The molecule has 0 spiro atoms. The maximum Gasteiger partial charge on any atom is 0.193 e. The number of carbonyl (C=O) groups excluding carboxylic acids is 2. The molecule has 6 nitrogen and oxygen atoms in total. The van der Waals surface area contributed by atoms with Crippen LogP contribution in [0.15, 0.2) is 255 Å². The molecule has 11 aromatic carbocycles. The summed E-state index contributed by atoms with van der Waals surface area (Å²) in [6, 6.07) is 87.3. The maximum atomic E-state index is 14.6. The zero-order chi connectivity index (χ0) is 49.0. The largest absolute Gasteiger partial charge is 0.309 e. The molecule has 0 aliphatic rings. The molecule has 4 aromatic heterocycles. The fraction of sp³-hybridized carbons (Fsp3) is 0. The van der Waals surface area contributed by atoms with E-state index in [2.05, 4.69) is 212 Å². The van der Waals surface area contributed by atoms with Crippen molar-refractivity contribution < 1.29 is 9.59 Å². The Balaban J connectivity index is 0.766. The first kappa shape index (κ1) is 41.7. The zero-order valence-corrected chi connectivity index (χ0v) is 39.9. The van der Waals surface area contributed by atoms with Crippen LogP contribution in [-0.2, 0) is 0 Å². The van der Waals surface area contributed by atoms with E-state index >= 15 is 0 Å². The first-order valence-electron chi connectivity index (χ1n) is 25.0. The number of fused-ring (bicyclic) bond motifs is 12.